The molecule has 24 rings (SSSR count). The van der Waals surface area contributed by atoms with E-state index in [2.05, 4.69) is 575 Å². The molecule has 9 heteroatoms. The van der Waals surface area contributed by atoms with Gasteiger partial charge in [-0.1, -0.05) is 328 Å². The fraction of sp³-hybridized carbons (Fsp3) is 0. The maximum atomic E-state index is 2.41. The van der Waals surface area contributed by atoms with Crippen LogP contribution in [0.5, 0.6) is 0 Å². The van der Waals surface area contributed by atoms with Crippen LogP contribution in [0.1, 0.15) is 0 Å². The van der Waals surface area contributed by atoms with E-state index in [9.17, 15) is 0 Å². The number of hydrogen-bond acceptors (Lipinski definition) is 9. The van der Waals surface area contributed by atoms with E-state index in [4.69, 9.17) is 0 Å². The quantitative estimate of drug-likeness (QED) is 0.0663. The summed E-state index contributed by atoms with van der Waals surface area (Å²) in [5.74, 6) is 0. The summed E-state index contributed by atoms with van der Waals surface area (Å²) >= 11 is 5.56. The number of benzene rings is 21. The predicted octanol–water partition coefficient (Wildman–Crippen LogP) is 38.0. The molecule has 0 atom stereocenters. The highest BCUT2D eigenvalue weighted by Crippen LogP contribution is 2.53. The Morgan fingerprint density at radius 2 is 0.370 bits per heavy atom. The van der Waals surface area contributed by atoms with Crippen molar-refractivity contribution in [3.8, 4) is 31.3 Å². The lowest BCUT2D eigenvalue weighted by Gasteiger charge is -2.29. The molecular weight excluding hydrogens is 1690 g/mol. The molecule has 0 aliphatic carbocycles. The third-order valence-electron chi connectivity index (χ3n) is 24.6. The zero-order chi connectivity index (χ0) is 90.0. The van der Waals surface area contributed by atoms with Crippen molar-refractivity contribution in [2.45, 2.75) is 0 Å². The van der Waals surface area contributed by atoms with Gasteiger partial charge in [-0.25, -0.2) is 0 Å². The normalized spacial score (nSPS) is 11.1. The van der Waals surface area contributed by atoms with Gasteiger partial charge in [-0.05, 0) is 262 Å². The van der Waals surface area contributed by atoms with Crippen molar-refractivity contribution >= 4 is 199 Å². The molecule has 0 bridgehead atoms. The number of hydrogen-bond donors (Lipinski definition) is 0. The van der Waals surface area contributed by atoms with Crippen LogP contribution in [0.3, 0.4) is 0 Å². The van der Waals surface area contributed by atoms with Crippen molar-refractivity contribution < 1.29 is 0 Å². The van der Waals surface area contributed by atoms with E-state index >= 15 is 0 Å². The lowest BCUT2D eigenvalue weighted by atomic mass is 9.92. The van der Waals surface area contributed by atoms with Gasteiger partial charge in [-0.3, -0.25) is 0 Å². The number of nitrogens with zero attached hydrogens (tertiary/aromatic N) is 6. The van der Waals surface area contributed by atoms with Crippen molar-refractivity contribution in [1.82, 2.24) is 0 Å². The first-order valence-electron chi connectivity index (χ1n) is 45.6. The van der Waals surface area contributed by atoms with Crippen molar-refractivity contribution in [3.05, 3.63) is 546 Å². The van der Waals surface area contributed by atoms with Gasteiger partial charge in [-0.15, -0.1) is 34.0 Å². The molecule has 642 valence electrons. The van der Waals surface area contributed by atoms with Crippen LogP contribution in [0.2, 0.25) is 0 Å². The molecule has 0 radical (unpaired) electrons. The topological polar surface area (TPSA) is 19.4 Å². The predicted molar refractivity (Wildman–Crippen MR) is 582 cm³/mol. The zero-order valence-electron chi connectivity index (χ0n) is 73.9. The van der Waals surface area contributed by atoms with Crippen LogP contribution in [-0.2, 0) is 0 Å². The van der Waals surface area contributed by atoms with Gasteiger partial charge >= 0.3 is 0 Å². The Labute approximate surface area is 799 Å². The summed E-state index contributed by atoms with van der Waals surface area (Å²) in [4.78, 5) is 17.8. The van der Waals surface area contributed by atoms with E-state index in [1.165, 1.54) is 99.6 Å². The monoisotopic (exact) mass is 1780 g/mol. The second-order valence-electron chi connectivity index (χ2n) is 33.1. The lowest BCUT2D eigenvalue weighted by molar-refractivity contribution is 1.28. The summed E-state index contributed by atoms with van der Waals surface area (Å²) < 4.78 is 3.80. The average molecular weight is 1780 g/mol. The molecule has 0 N–H and O–H groups in total. The van der Waals surface area contributed by atoms with E-state index in [1.54, 1.807) is 0 Å². The smallest absolute Gasteiger partial charge is 0.0618 e. The van der Waals surface area contributed by atoms with E-state index in [0.717, 1.165) is 96.7 Å². The fourth-order valence-electron chi connectivity index (χ4n) is 18.5. The van der Waals surface area contributed by atoms with E-state index in [0.29, 0.717) is 0 Å². The van der Waals surface area contributed by atoms with Gasteiger partial charge in [-0.2, -0.15) is 0 Å². The van der Waals surface area contributed by atoms with Crippen molar-refractivity contribution in [3.63, 3.8) is 0 Å². The molecule has 0 spiro atoms. The minimum atomic E-state index is 1.13. The SMILES string of the molecule is c1ccc(N(c2ccccc2)c2ccc(-c3cc4ccc(N(c5ccccc5)c5ccccc5)cc4s3)cc2)cc1.c1ccc(N(c2ccccc2)c2ccc3cc(-c4c5ccccc5c(N(c5ccccc5)c5ccccc5)c5ccccc45)sc3c2)cc1.c1ccc(N(c2ccccc2)c2ccc3cc(-c4ccc(N(c5ccccc5)c5ccccc5)c5ccccc45)sc3c2)cc1. The van der Waals surface area contributed by atoms with E-state index < -0.39 is 0 Å². The van der Waals surface area contributed by atoms with Crippen LogP contribution >= 0.6 is 34.0 Å². The lowest BCUT2D eigenvalue weighted by Crippen LogP contribution is -2.11. The summed E-state index contributed by atoms with van der Waals surface area (Å²) in [5, 5.41) is 11.2. The number of rotatable bonds is 21. The molecule has 0 saturated carbocycles. The van der Waals surface area contributed by atoms with Crippen molar-refractivity contribution in [2.24, 2.45) is 0 Å². The first-order chi connectivity index (χ1) is 67.0. The van der Waals surface area contributed by atoms with Gasteiger partial charge in [0.15, 0.2) is 0 Å². The summed E-state index contributed by atoms with van der Waals surface area (Å²) in [6.45, 7) is 0. The van der Waals surface area contributed by atoms with Gasteiger partial charge in [0.1, 0.15) is 0 Å². The summed E-state index contributed by atoms with van der Waals surface area (Å²) in [6.07, 6.45) is 0. The molecule has 0 fully saturated rings. The molecule has 0 aliphatic heterocycles. The van der Waals surface area contributed by atoms with Crippen LogP contribution in [0.15, 0.2) is 546 Å². The van der Waals surface area contributed by atoms with Gasteiger partial charge in [0.2, 0.25) is 0 Å². The van der Waals surface area contributed by atoms with Gasteiger partial charge in [0.25, 0.3) is 0 Å². The number of thiophene rings is 3. The maximum absolute atomic E-state index is 2.41. The summed E-state index contributed by atoms with van der Waals surface area (Å²) in [6, 6.07) is 195. The molecule has 24 aromatic rings. The molecule has 0 saturated heterocycles. The highest BCUT2D eigenvalue weighted by atomic mass is 32.1. The van der Waals surface area contributed by atoms with Crippen LogP contribution < -0.4 is 29.4 Å². The summed E-state index contributed by atoms with van der Waals surface area (Å²) in [7, 11) is 0. The van der Waals surface area contributed by atoms with Gasteiger partial charge < -0.3 is 29.4 Å². The summed E-state index contributed by atoms with van der Waals surface area (Å²) in [5.41, 5.74) is 24.4. The fourth-order valence-corrected chi connectivity index (χ4v) is 21.9. The van der Waals surface area contributed by atoms with Crippen LogP contribution in [0.25, 0.3) is 93.9 Å². The minimum absolute atomic E-state index is 1.13. The molecule has 135 heavy (non-hydrogen) atoms. The van der Waals surface area contributed by atoms with Crippen LogP contribution in [0.4, 0.5) is 102 Å². The maximum Gasteiger partial charge on any atom is 0.0618 e. The van der Waals surface area contributed by atoms with Gasteiger partial charge in [0, 0.05) is 141 Å². The van der Waals surface area contributed by atoms with Crippen LogP contribution in [0, 0.1) is 0 Å². The third-order valence-corrected chi connectivity index (χ3v) is 28.0. The number of fused-ring (bicyclic) bond motifs is 6. The molecule has 3 heterocycles. The molecule has 0 unspecified atom stereocenters. The molecule has 0 aliphatic rings. The zero-order valence-corrected chi connectivity index (χ0v) is 76.3. The Morgan fingerprint density at radius 1 is 0.141 bits per heavy atom. The molecular formula is C126H90N6S3. The Hall–Kier alpha value is -16.9. The Kier molecular flexibility index (Phi) is 23.9. The molecule has 21 aromatic carbocycles. The molecule has 6 nitrogen and oxygen atoms in total. The Balaban J connectivity index is 0.000000118. The second-order valence-corrected chi connectivity index (χ2v) is 36.3. The molecule has 0 amide bonds. The Bertz CT molecular complexity index is 7850. The van der Waals surface area contributed by atoms with Gasteiger partial charge in [0.05, 0.1) is 11.4 Å². The average Bonchev–Trinajstić information content (AvgIpc) is 1.70. The van der Waals surface area contributed by atoms with Crippen LogP contribution in [-0.4, -0.2) is 0 Å². The third kappa shape index (κ3) is 17.5. The highest BCUT2D eigenvalue weighted by molar-refractivity contribution is 7.23. The standard InChI is InChI=1S/C46H32N2S.C42H30N2S.C38H28N2S/c1-5-17-34(18-6-1)47(35-19-7-2-8-20-35)38-30-29-33-31-44(49-43(33)32-38)45-39-25-13-15-27-41(39)46(42-28-16-14-26-40(42)45)48(36-21-9-3-10-22-36)37-23-11-4-12-24-37;1-5-15-32(16-6-1)43(33-17-7-2-8-18-33)36-26-25-31-29-42(45-41(31)30-36)39-27-28-40(38-24-14-13-23-37(38)39)44(34-19-9-3-10-20-34)35-21-11-4-12-22-35;1-5-13-31(14-6-1)39(32-15-7-2-8-16-32)35-24-21-29(22-25-35)37-27-30-23-26-36(28-38(30)41-37)40(33-17-9-3-10-18-33)34-19-11-4-12-20-34/h1-32H;1-30H;1-28H. The molecule has 3 aromatic heterocycles. The largest absolute Gasteiger partial charge is 0.311 e. The number of anilines is 18. The van der Waals surface area contributed by atoms with Crippen molar-refractivity contribution in [2.75, 3.05) is 29.4 Å². The van der Waals surface area contributed by atoms with E-state index in [1.807, 2.05) is 34.0 Å². The first-order valence-corrected chi connectivity index (χ1v) is 48.0. The first kappa shape index (κ1) is 83.7. The van der Waals surface area contributed by atoms with Crippen molar-refractivity contribution in [1.29, 1.82) is 0 Å². The van der Waals surface area contributed by atoms with E-state index in [-0.39, 0.29) is 0 Å². The Morgan fingerprint density at radius 3 is 0.696 bits per heavy atom. The highest BCUT2D eigenvalue weighted by Gasteiger charge is 2.26. The number of para-hydroxylation sites is 12. The minimum Gasteiger partial charge on any atom is -0.311 e. The second kappa shape index (κ2) is 38.6.